The second-order valence-electron chi connectivity index (χ2n) is 6.41. The average Bonchev–Trinajstić information content (AvgIpc) is 2.57. The van der Waals surface area contributed by atoms with E-state index in [1.165, 1.54) is 16.7 Å². The molecule has 2 aromatic carbocycles. The maximum Gasteiger partial charge on any atom is 0.0455 e. The molecule has 0 aromatic heterocycles. The quantitative estimate of drug-likeness (QED) is 0.524. The van der Waals surface area contributed by atoms with Gasteiger partial charge in [-0.3, -0.25) is 0 Å². The fraction of sp³-hybridized carbons (Fsp3) is 0.217. The zero-order chi connectivity index (χ0) is 17.5. The zero-order valence-electron chi connectivity index (χ0n) is 15.2. The van der Waals surface area contributed by atoms with Crippen molar-refractivity contribution in [1.29, 1.82) is 0 Å². The molecule has 0 saturated heterocycles. The summed E-state index contributed by atoms with van der Waals surface area (Å²) in [7, 11) is 0. The summed E-state index contributed by atoms with van der Waals surface area (Å²) >= 11 is 0. The summed E-state index contributed by atoms with van der Waals surface area (Å²) in [5.41, 5.74) is 6.10. The summed E-state index contributed by atoms with van der Waals surface area (Å²) < 4.78 is 0. The Morgan fingerprint density at radius 2 is 1.50 bits per heavy atom. The number of anilines is 2. The van der Waals surface area contributed by atoms with Gasteiger partial charge in [-0.2, -0.15) is 0 Å². The van der Waals surface area contributed by atoms with Crippen LogP contribution in [0.15, 0.2) is 85.1 Å². The molecule has 0 aliphatic heterocycles. The first kappa shape index (κ1) is 17.8. The summed E-state index contributed by atoms with van der Waals surface area (Å²) in [5, 5.41) is 0. The van der Waals surface area contributed by atoms with Crippen LogP contribution in [0.5, 0.6) is 0 Å². The third-order valence-electron chi connectivity index (χ3n) is 4.02. The molecular formula is C23H27N. The van der Waals surface area contributed by atoms with E-state index in [9.17, 15) is 0 Å². The van der Waals surface area contributed by atoms with Gasteiger partial charge in [-0.1, -0.05) is 62.4 Å². The molecule has 1 heteroatoms. The summed E-state index contributed by atoms with van der Waals surface area (Å²) in [6.45, 7) is 12.4. The molecule has 0 spiro atoms. The van der Waals surface area contributed by atoms with Crippen molar-refractivity contribution >= 4 is 11.4 Å². The Hall–Kier alpha value is -2.54. The van der Waals surface area contributed by atoms with Crippen molar-refractivity contribution in [2.24, 2.45) is 0 Å². The molecule has 2 rings (SSSR count). The summed E-state index contributed by atoms with van der Waals surface area (Å²) in [6, 6.07) is 17.4. The summed E-state index contributed by atoms with van der Waals surface area (Å²) in [6.07, 6.45) is 8.04. The Kier molecular flexibility index (Phi) is 6.20. The summed E-state index contributed by atoms with van der Waals surface area (Å²) in [5.74, 6) is 0.542. The molecular weight excluding hydrogens is 290 g/mol. The van der Waals surface area contributed by atoms with Crippen LogP contribution in [0.25, 0.3) is 0 Å². The molecule has 24 heavy (non-hydrogen) atoms. The van der Waals surface area contributed by atoms with Gasteiger partial charge in [0.2, 0.25) is 0 Å². The Labute approximate surface area is 146 Å². The molecule has 0 aliphatic carbocycles. The molecule has 0 radical (unpaired) electrons. The lowest BCUT2D eigenvalue weighted by Crippen LogP contribution is -2.08. The standard InChI is InChI=1S/C23H27N/c1-6-7-19(4)16-17-24(22-12-8-20(5)9-13-22)23-14-10-21(11-15-23)18(2)3/h6-18H,1H2,2-5H3/b17-16-,19-7-. The van der Waals surface area contributed by atoms with Gasteiger partial charge in [0, 0.05) is 17.6 Å². The third kappa shape index (κ3) is 4.73. The van der Waals surface area contributed by atoms with E-state index < -0.39 is 0 Å². The number of benzene rings is 2. The number of allylic oxidation sites excluding steroid dienone is 4. The van der Waals surface area contributed by atoms with E-state index in [1.54, 1.807) is 0 Å². The Morgan fingerprint density at radius 3 is 2.00 bits per heavy atom. The smallest absolute Gasteiger partial charge is 0.0455 e. The van der Waals surface area contributed by atoms with Crippen LogP contribution in [0.2, 0.25) is 0 Å². The maximum absolute atomic E-state index is 3.76. The molecule has 0 fully saturated rings. The SMILES string of the molecule is C=C/C=C(C)\C=C/N(c1ccc(C)cc1)c1ccc(C(C)C)cc1. The lowest BCUT2D eigenvalue weighted by molar-refractivity contribution is 0.866. The van der Waals surface area contributed by atoms with Gasteiger partial charge < -0.3 is 4.90 Å². The molecule has 1 nitrogen and oxygen atoms in total. The second kappa shape index (κ2) is 8.35. The molecule has 0 unspecified atom stereocenters. The van der Waals surface area contributed by atoms with E-state index in [1.807, 2.05) is 12.2 Å². The van der Waals surface area contributed by atoms with Gasteiger partial charge in [0.1, 0.15) is 0 Å². The van der Waals surface area contributed by atoms with Gasteiger partial charge >= 0.3 is 0 Å². The minimum absolute atomic E-state index is 0.542. The van der Waals surface area contributed by atoms with Crippen molar-refractivity contribution in [2.45, 2.75) is 33.6 Å². The van der Waals surface area contributed by atoms with E-state index in [0.29, 0.717) is 5.92 Å². The van der Waals surface area contributed by atoms with E-state index in [4.69, 9.17) is 0 Å². The fourth-order valence-corrected chi connectivity index (χ4v) is 2.48. The highest BCUT2D eigenvalue weighted by Gasteiger charge is 2.07. The highest BCUT2D eigenvalue weighted by Crippen LogP contribution is 2.28. The van der Waals surface area contributed by atoms with Crippen molar-refractivity contribution in [2.75, 3.05) is 4.90 Å². The molecule has 2 aromatic rings. The number of hydrogen-bond donors (Lipinski definition) is 0. The monoisotopic (exact) mass is 317 g/mol. The van der Waals surface area contributed by atoms with Crippen molar-refractivity contribution in [3.05, 3.63) is 96.2 Å². The number of nitrogens with zero attached hydrogens (tertiary/aromatic N) is 1. The fourth-order valence-electron chi connectivity index (χ4n) is 2.48. The zero-order valence-corrected chi connectivity index (χ0v) is 15.2. The normalized spacial score (nSPS) is 12.0. The lowest BCUT2D eigenvalue weighted by atomic mass is 10.0. The first-order valence-electron chi connectivity index (χ1n) is 8.44. The van der Waals surface area contributed by atoms with Gasteiger partial charge in [-0.25, -0.2) is 0 Å². The summed E-state index contributed by atoms with van der Waals surface area (Å²) in [4.78, 5) is 2.21. The van der Waals surface area contributed by atoms with E-state index in [-0.39, 0.29) is 0 Å². The highest BCUT2D eigenvalue weighted by atomic mass is 15.1. The molecule has 0 amide bonds. The van der Waals surface area contributed by atoms with E-state index in [0.717, 1.165) is 11.4 Å². The predicted molar refractivity (Wildman–Crippen MR) is 107 cm³/mol. The number of aryl methyl sites for hydroxylation is 1. The lowest BCUT2D eigenvalue weighted by Gasteiger charge is -2.22. The van der Waals surface area contributed by atoms with Crippen LogP contribution >= 0.6 is 0 Å². The number of rotatable bonds is 6. The predicted octanol–water partition coefficient (Wildman–Crippen LogP) is 6.90. The van der Waals surface area contributed by atoms with Gasteiger partial charge in [0.25, 0.3) is 0 Å². The minimum Gasteiger partial charge on any atom is -0.317 e. The maximum atomic E-state index is 3.76. The molecule has 0 saturated carbocycles. The van der Waals surface area contributed by atoms with Crippen LogP contribution in [0.1, 0.15) is 37.8 Å². The molecule has 0 atom stereocenters. The van der Waals surface area contributed by atoms with E-state index in [2.05, 4.69) is 100.0 Å². The molecule has 0 heterocycles. The second-order valence-corrected chi connectivity index (χ2v) is 6.41. The van der Waals surface area contributed by atoms with Crippen LogP contribution in [0.3, 0.4) is 0 Å². The first-order chi connectivity index (χ1) is 11.5. The van der Waals surface area contributed by atoms with Crippen LogP contribution in [0.4, 0.5) is 11.4 Å². The van der Waals surface area contributed by atoms with Crippen LogP contribution in [0, 0.1) is 6.92 Å². The van der Waals surface area contributed by atoms with Crippen molar-refractivity contribution in [1.82, 2.24) is 0 Å². The highest BCUT2D eigenvalue weighted by molar-refractivity contribution is 5.66. The first-order valence-corrected chi connectivity index (χ1v) is 8.44. The number of hydrogen-bond acceptors (Lipinski definition) is 1. The van der Waals surface area contributed by atoms with Crippen LogP contribution < -0.4 is 4.90 Å². The molecule has 0 bridgehead atoms. The molecule has 0 aliphatic rings. The topological polar surface area (TPSA) is 3.24 Å². The Bertz CT molecular complexity index is 716. The van der Waals surface area contributed by atoms with E-state index >= 15 is 0 Å². The molecule has 0 N–H and O–H groups in total. The van der Waals surface area contributed by atoms with Crippen LogP contribution in [-0.4, -0.2) is 0 Å². The van der Waals surface area contributed by atoms with Crippen molar-refractivity contribution in [3.63, 3.8) is 0 Å². The largest absolute Gasteiger partial charge is 0.317 e. The Morgan fingerprint density at radius 1 is 0.958 bits per heavy atom. The molecule has 124 valence electrons. The minimum atomic E-state index is 0.542. The van der Waals surface area contributed by atoms with Gasteiger partial charge in [-0.05, 0) is 61.2 Å². The van der Waals surface area contributed by atoms with Crippen molar-refractivity contribution < 1.29 is 0 Å². The van der Waals surface area contributed by atoms with Crippen LogP contribution in [-0.2, 0) is 0 Å². The van der Waals surface area contributed by atoms with Gasteiger partial charge in [0.05, 0.1) is 0 Å². The van der Waals surface area contributed by atoms with Crippen molar-refractivity contribution in [3.8, 4) is 0 Å². The van der Waals surface area contributed by atoms with Gasteiger partial charge in [0.15, 0.2) is 0 Å². The van der Waals surface area contributed by atoms with Gasteiger partial charge in [-0.15, -0.1) is 0 Å². The third-order valence-corrected chi connectivity index (χ3v) is 4.02. The Balaban J connectivity index is 2.40. The average molecular weight is 317 g/mol.